The molecule has 0 radical (unpaired) electrons. The average Bonchev–Trinajstić information content (AvgIpc) is 2.53. The highest BCUT2D eigenvalue weighted by Gasteiger charge is 2.20. The Kier molecular flexibility index (Phi) is 4.12. The van der Waals surface area contributed by atoms with E-state index in [1.54, 1.807) is 11.1 Å². The quantitative estimate of drug-likeness (QED) is 0.909. The lowest BCUT2D eigenvalue weighted by molar-refractivity contribution is 0.472. The molecule has 0 saturated carbocycles. The molecule has 2 nitrogen and oxygen atoms in total. The van der Waals surface area contributed by atoms with Crippen molar-refractivity contribution in [3.8, 4) is 0 Å². The number of rotatable bonds is 4. The maximum atomic E-state index is 4.20. The average molecular weight is 266 g/mol. The maximum Gasteiger partial charge on any atom is 0.0315 e. The molecule has 1 aromatic carbocycles. The summed E-state index contributed by atoms with van der Waals surface area (Å²) in [5.74, 6) is 0.652. The summed E-state index contributed by atoms with van der Waals surface area (Å²) >= 11 is 0. The molecule has 0 bridgehead atoms. The second-order valence-electron chi connectivity index (χ2n) is 5.70. The molecule has 1 N–H and O–H groups in total. The number of fused-ring (bicyclic) bond motifs is 1. The molecule has 0 aliphatic heterocycles. The maximum absolute atomic E-state index is 4.20. The number of hydrogen-bond acceptors (Lipinski definition) is 2. The minimum Gasteiger partial charge on any atom is -0.310 e. The molecule has 0 fully saturated rings. The van der Waals surface area contributed by atoms with Gasteiger partial charge in [0.25, 0.3) is 0 Å². The fourth-order valence-electron chi connectivity index (χ4n) is 3.14. The van der Waals surface area contributed by atoms with Crippen LogP contribution in [0.5, 0.6) is 0 Å². The molecule has 2 heteroatoms. The summed E-state index contributed by atoms with van der Waals surface area (Å²) in [4.78, 5) is 4.20. The van der Waals surface area contributed by atoms with E-state index in [1.165, 1.54) is 24.8 Å². The number of nitrogens with one attached hydrogen (secondary N) is 1. The van der Waals surface area contributed by atoms with Crippen molar-refractivity contribution in [3.63, 3.8) is 0 Å². The van der Waals surface area contributed by atoms with Gasteiger partial charge < -0.3 is 5.32 Å². The third-order valence-corrected chi connectivity index (χ3v) is 4.35. The van der Waals surface area contributed by atoms with Gasteiger partial charge in [0.2, 0.25) is 0 Å². The molecule has 3 rings (SSSR count). The van der Waals surface area contributed by atoms with Crippen LogP contribution in [0.4, 0.5) is 0 Å². The molecule has 1 aromatic heterocycles. The lowest BCUT2D eigenvalue weighted by atomic mass is 9.82. The van der Waals surface area contributed by atoms with E-state index in [-0.39, 0.29) is 0 Å². The number of aromatic nitrogens is 1. The number of pyridine rings is 1. The Bertz CT molecular complexity index is 550. The Labute approximate surface area is 121 Å². The van der Waals surface area contributed by atoms with Gasteiger partial charge in [0.15, 0.2) is 0 Å². The Balaban J connectivity index is 1.65. The van der Waals surface area contributed by atoms with Crippen molar-refractivity contribution in [1.82, 2.24) is 10.3 Å². The number of aryl methyl sites for hydroxylation is 1. The zero-order valence-electron chi connectivity index (χ0n) is 12.0. The van der Waals surface area contributed by atoms with Crippen molar-refractivity contribution in [2.45, 2.75) is 38.1 Å². The SMILES string of the molecule is C[C@H](NCC1CCCc2ccccc21)c1cccnc1. The summed E-state index contributed by atoms with van der Waals surface area (Å²) < 4.78 is 0. The summed E-state index contributed by atoms with van der Waals surface area (Å²) in [6.45, 7) is 3.26. The van der Waals surface area contributed by atoms with Crippen LogP contribution >= 0.6 is 0 Å². The molecule has 1 unspecified atom stereocenters. The Morgan fingerprint density at radius 1 is 1.25 bits per heavy atom. The lowest BCUT2D eigenvalue weighted by Gasteiger charge is -2.27. The van der Waals surface area contributed by atoms with Crippen LogP contribution in [0.3, 0.4) is 0 Å². The Morgan fingerprint density at radius 3 is 3.00 bits per heavy atom. The second kappa shape index (κ2) is 6.19. The Hall–Kier alpha value is -1.67. The van der Waals surface area contributed by atoms with E-state index >= 15 is 0 Å². The van der Waals surface area contributed by atoms with Gasteiger partial charge in [-0.3, -0.25) is 4.98 Å². The summed E-state index contributed by atoms with van der Waals surface area (Å²) in [5, 5.41) is 3.67. The minimum absolute atomic E-state index is 0.359. The molecule has 2 atom stereocenters. The minimum atomic E-state index is 0.359. The van der Waals surface area contributed by atoms with Gasteiger partial charge in [0.1, 0.15) is 0 Å². The number of benzene rings is 1. The highest BCUT2D eigenvalue weighted by atomic mass is 14.9. The van der Waals surface area contributed by atoms with Gasteiger partial charge in [-0.1, -0.05) is 30.3 Å². The number of hydrogen-bond donors (Lipinski definition) is 1. The molecule has 1 aliphatic rings. The molecule has 0 amide bonds. The third-order valence-electron chi connectivity index (χ3n) is 4.35. The fourth-order valence-corrected chi connectivity index (χ4v) is 3.14. The van der Waals surface area contributed by atoms with Crippen LogP contribution in [-0.4, -0.2) is 11.5 Å². The van der Waals surface area contributed by atoms with Crippen molar-refractivity contribution in [2.75, 3.05) is 6.54 Å². The van der Waals surface area contributed by atoms with Gasteiger partial charge in [-0.25, -0.2) is 0 Å². The second-order valence-corrected chi connectivity index (χ2v) is 5.70. The van der Waals surface area contributed by atoms with Crippen LogP contribution in [0.1, 0.15) is 48.4 Å². The first-order valence-electron chi connectivity index (χ1n) is 7.55. The van der Waals surface area contributed by atoms with Crippen LogP contribution in [0, 0.1) is 0 Å². The third kappa shape index (κ3) is 2.91. The molecule has 20 heavy (non-hydrogen) atoms. The van der Waals surface area contributed by atoms with Gasteiger partial charge in [-0.15, -0.1) is 0 Å². The lowest BCUT2D eigenvalue weighted by Crippen LogP contribution is -2.26. The predicted octanol–water partition coefficient (Wildman–Crippen LogP) is 3.85. The van der Waals surface area contributed by atoms with E-state index in [2.05, 4.69) is 47.6 Å². The molecule has 1 heterocycles. The zero-order chi connectivity index (χ0) is 13.8. The van der Waals surface area contributed by atoms with Crippen LogP contribution in [0.25, 0.3) is 0 Å². The normalized spacial score (nSPS) is 19.4. The van der Waals surface area contributed by atoms with Crippen molar-refractivity contribution in [2.24, 2.45) is 0 Å². The molecule has 1 aliphatic carbocycles. The van der Waals surface area contributed by atoms with Crippen LogP contribution < -0.4 is 5.32 Å². The van der Waals surface area contributed by atoms with E-state index in [0.29, 0.717) is 12.0 Å². The summed E-state index contributed by atoms with van der Waals surface area (Å²) in [5.41, 5.74) is 4.35. The first-order valence-corrected chi connectivity index (χ1v) is 7.55. The zero-order valence-corrected chi connectivity index (χ0v) is 12.0. The molecular weight excluding hydrogens is 244 g/mol. The van der Waals surface area contributed by atoms with Gasteiger partial charge in [-0.05, 0) is 54.9 Å². The summed E-state index contributed by atoms with van der Waals surface area (Å²) in [7, 11) is 0. The van der Waals surface area contributed by atoms with Crippen molar-refractivity contribution >= 4 is 0 Å². The van der Waals surface area contributed by atoms with Crippen molar-refractivity contribution < 1.29 is 0 Å². The molecule has 104 valence electrons. The van der Waals surface area contributed by atoms with Gasteiger partial charge in [0.05, 0.1) is 0 Å². The van der Waals surface area contributed by atoms with E-state index in [4.69, 9.17) is 0 Å². The van der Waals surface area contributed by atoms with Gasteiger partial charge in [0, 0.05) is 25.0 Å². The molecule has 0 saturated heterocycles. The molecular formula is C18H22N2. The van der Waals surface area contributed by atoms with E-state index in [9.17, 15) is 0 Å². The van der Waals surface area contributed by atoms with Crippen molar-refractivity contribution in [3.05, 3.63) is 65.5 Å². The number of nitrogens with zero attached hydrogens (tertiary/aromatic N) is 1. The van der Waals surface area contributed by atoms with E-state index < -0.39 is 0 Å². The fraction of sp³-hybridized carbons (Fsp3) is 0.389. The Morgan fingerprint density at radius 2 is 2.15 bits per heavy atom. The summed E-state index contributed by atoms with van der Waals surface area (Å²) in [6.07, 6.45) is 7.62. The smallest absolute Gasteiger partial charge is 0.0315 e. The monoisotopic (exact) mass is 266 g/mol. The molecule has 2 aromatic rings. The van der Waals surface area contributed by atoms with E-state index in [1.807, 2.05) is 18.5 Å². The topological polar surface area (TPSA) is 24.9 Å². The van der Waals surface area contributed by atoms with Crippen LogP contribution in [0.15, 0.2) is 48.8 Å². The predicted molar refractivity (Wildman–Crippen MR) is 82.8 cm³/mol. The first kappa shape index (κ1) is 13.3. The summed E-state index contributed by atoms with van der Waals surface area (Å²) in [6, 6.07) is 13.4. The highest BCUT2D eigenvalue weighted by Crippen LogP contribution is 2.31. The first-order chi connectivity index (χ1) is 9.84. The van der Waals surface area contributed by atoms with Crippen molar-refractivity contribution in [1.29, 1.82) is 0 Å². The highest BCUT2D eigenvalue weighted by molar-refractivity contribution is 5.32. The standard InChI is InChI=1S/C18H22N2/c1-14(16-9-5-11-19-12-16)20-13-17-8-4-7-15-6-2-3-10-18(15)17/h2-3,5-6,9-12,14,17,20H,4,7-8,13H2,1H3/t14-,17?/m0/s1. The largest absolute Gasteiger partial charge is 0.310 e. The van der Waals surface area contributed by atoms with E-state index in [0.717, 1.165) is 6.54 Å². The van der Waals surface area contributed by atoms with Crippen LogP contribution in [0.2, 0.25) is 0 Å². The van der Waals surface area contributed by atoms with Gasteiger partial charge >= 0.3 is 0 Å². The molecule has 0 spiro atoms. The van der Waals surface area contributed by atoms with Gasteiger partial charge in [-0.2, -0.15) is 0 Å². The van der Waals surface area contributed by atoms with Crippen LogP contribution in [-0.2, 0) is 6.42 Å².